The molecule has 0 bridgehead atoms. The molecule has 1 N–H and O–H groups in total. The second-order valence-corrected chi connectivity index (χ2v) is 5.74. The van der Waals surface area contributed by atoms with Crippen LogP contribution in [0.4, 0.5) is 5.82 Å². The Balaban J connectivity index is 1.98. The molecule has 25 heavy (non-hydrogen) atoms. The van der Waals surface area contributed by atoms with Crippen molar-refractivity contribution < 1.29 is 4.79 Å². The Morgan fingerprint density at radius 2 is 1.88 bits per heavy atom. The number of nitrogens with zero attached hydrogens (tertiary/aromatic N) is 3. The van der Waals surface area contributed by atoms with Gasteiger partial charge >= 0.3 is 0 Å². The lowest BCUT2D eigenvalue weighted by Crippen LogP contribution is -2.32. The maximum Gasteiger partial charge on any atom is 0.264 e. The summed E-state index contributed by atoms with van der Waals surface area (Å²) in [7, 11) is 0. The zero-order chi connectivity index (χ0) is 17.8. The van der Waals surface area contributed by atoms with Crippen LogP contribution in [0.25, 0.3) is 0 Å². The molecular formula is C19H18N4O2. The average molecular weight is 334 g/mol. The first-order chi connectivity index (χ1) is 12.1. The van der Waals surface area contributed by atoms with Crippen LogP contribution in [-0.4, -0.2) is 20.7 Å². The van der Waals surface area contributed by atoms with Crippen LogP contribution >= 0.6 is 0 Å². The molecule has 2 heterocycles. The molecule has 2 aromatic heterocycles. The summed E-state index contributed by atoms with van der Waals surface area (Å²) in [5, 5.41) is 10.2. The van der Waals surface area contributed by atoms with E-state index >= 15 is 0 Å². The lowest BCUT2D eigenvalue weighted by molar-refractivity contribution is 0.102. The van der Waals surface area contributed by atoms with Gasteiger partial charge in [-0.05, 0) is 43.2 Å². The van der Waals surface area contributed by atoms with Crippen LogP contribution in [0.2, 0.25) is 0 Å². The van der Waals surface area contributed by atoms with Gasteiger partial charge in [0.1, 0.15) is 5.56 Å². The van der Waals surface area contributed by atoms with Gasteiger partial charge < -0.3 is 9.88 Å². The van der Waals surface area contributed by atoms with Crippen LogP contribution in [-0.2, 0) is 0 Å². The van der Waals surface area contributed by atoms with Crippen LogP contribution < -0.4 is 10.9 Å². The fraction of sp³-hybridized carbons (Fsp3) is 0.158. The van der Waals surface area contributed by atoms with Crippen LogP contribution in [0.1, 0.15) is 34.5 Å². The number of aryl methyl sites for hydroxylation is 1. The fourth-order valence-electron chi connectivity index (χ4n) is 2.66. The van der Waals surface area contributed by atoms with E-state index in [2.05, 4.69) is 15.5 Å². The second kappa shape index (κ2) is 7.09. The number of amides is 1. The van der Waals surface area contributed by atoms with E-state index in [0.29, 0.717) is 11.4 Å². The van der Waals surface area contributed by atoms with Crippen molar-refractivity contribution in [2.75, 3.05) is 5.32 Å². The quantitative estimate of drug-likeness (QED) is 0.796. The molecule has 0 fully saturated rings. The van der Waals surface area contributed by atoms with Crippen molar-refractivity contribution in [2.24, 2.45) is 0 Å². The number of carbonyl (C=O) groups excluding carboxylic acids is 1. The molecule has 0 aliphatic rings. The topological polar surface area (TPSA) is 76.9 Å². The summed E-state index contributed by atoms with van der Waals surface area (Å²) in [5.74, 6) is -0.185. The number of hydrogen-bond acceptors (Lipinski definition) is 4. The summed E-state index contributed by atoms with van der Waals surface area (Å²) in [6.45, 7) is 3.67. The van der Waals surface area contributed by atoms with Crippen molar-refractivity contribution in [3.8, 4) is 0 Å². The number of nitrogens with one attached hydrogen (secondary N) is 1. The molecule has 0 saturated heterocycles. The Bertz CT molecular complexity index is 937. The first kappa shape index (κ1) is 16.6. The van der Waals surface area contributed by atoms with E-state index in [-0.39, 0.29) is 17.2 Å². The van der Waals surface area contributed by atoms with E-state index in [1.54, 1.807) is 35.9 Å². The molecule has 0 radical (unpaired) electrons. The smallest absolute Gasteiger partial charge is 0.264 e. The van der Waals surface area contributed by atoms with Crippen LogP contribution in [0.15, 0.2) is 65.7 Å². The first-order valence-corrected chi connectivity index (χ1v) is 7.93. The normalized spacial score (nSPS) is 11.8. The second-order valence-electron chi connectivity index (χ2n) is 5.74. The summed E-state index contributed by atoms with van der Waals surface area (Å²) in [6, 6.07) is 14.6. The number of anilines is 1. The zero-order valence-electron chi connectivity index (χ0n) is 14.0. The third-order valence-corrected chi connectivity index (χ3v) is 4.07. The Morgan fingerprint density at radius 3 is 2.56 bits per heavy atom. The average Bonchev–Trinajstić information content (AvgIpc) is 2.63. The van der Waals surface area contributed by atoms with E-state index < -0.39 is 5.91 Å². The first-order valence-electron chi connectivity index (χ1n) is 7.93. The van der Waals surface area contributed by atoms with Crippen molar-refractivity contribution >= 4 is 11.7 Å². The largest absolute Gasteiger partial charge is 0.308 e. The van der Waals surface area contributed by atoms with Gasteiger partial charge in [-0.2, -0.15) is 5.10 Å². The van der Waals surface area contributed by atoms with Crippen molar-refractivity contribution in [1.29, 1.82) is 0 Å². The minimum Gasteiger partial charge on any atom is -0.308 e. The lowest BCUT2D eigenvalue weighted by atomic mass is 10.1. The molecule has 3 aromatic rings. The van der Waals surface area contributed by atoms with E-state index in [9.17, 15) is 9.59 Å². The number of hydrogen-bond donors (Lipinski definition) is 1. The van der Waals surface area contributed by atoms with Crippen LogP contribution in [0.3, 0.4) is 0 Å². The van der Waals surface area contributed by atoms with E-state index in [0.717, 1.165) is 5.56 Å². The summed E-state index contributed by atoms with van der Waals surface area (Å²) in [4.78, 5) is 25.5. The molecule has 126 valence electrons. The molecule has 0 saturated carbocycles. The van der Waals surface area contributed by atoms with Gasteiger partial charge in [0.2, 0.25) is 0 Å². The molecule has 0 aliphatic heterocycles. The SMILES string of the molecule is Cc1ccn(C(C)c2ccccc2)c(=O)c1C(=O)Nc1cccnn1. The van der Waals surface area contributed by atoms with Gasteiger partial charge in [-0.3, -0.25) is 9.59 Å². The lowest BCUT2D eigenvalue weighted by Gasteiger charge is -2.17. The highest BCUT2D eigenvalue weighted by molar-refractivity contribution is 6.04. The summed E-state index contributed by atoms with van der Waals surface area (Å²) < 4.78 is 1.56. The summed E-state index contributed by atoms with van der Waals surface area (Å²) in [5.41, 5.74) is 1.38. The van der Waals surface area contributed by atoms with Gasteiger partial charge in [-0.15, -0.1) is 5.10 Å². The third-order valence-electron chi connectivity index (χ3n) is 4.07. The van der Waals surface area contributed by atoms with E-state index in [1.807, 2.05) is 37.3 Å². The molecular weight excluding hydrogens is 316 g/mol. The maximum atomic E-state index is 12.9. The zero-order valence-corrected chi connectivity index (χ0v) is 14.0. The van der Waals surface area contributed by atoms with Gasteiger partial charge in [-0.1, -0.05) is 30.3 Å². The van der Waals surface area contributed by atoms with Gasteiger partial charge in [-0.25, -0.2) is 0 Å². The predicted molar refractivity (Wildman–Crippen MR) is 95.7 cm³/mol. The Morgan fingerprint density at radius 1 is 1.12 bits per heavy atom. The number of pyridine rings is 1. The number of rotatable bonds is 4. The monoisotopic (exact) mass is 334 g/mol. The highest BCUT2D eigenvalue weighted by Crippen LogP contribution is 2.16. The Kier molecular flexibility index (Phi) is 4.70. The minimum atomic E-state index is -0.488. The van der Waals surface area contributed by atoms with E-state index in [4.69, 9.17) is 0 Å². The molecule has 1 unspecified atom stereocenters. The standard InChI is InChI=1S/C19H18N4O2/c1-13-10-12-23(14(2)15-7-4-3-5-8-15)19(25)17(13)18(24)21-16-9-6-11-20-22-16/h3-12,14H,1-2H3,(H,21,22,24). The van der Waals surface area contributed by atoms with Gasteiger partial charge in [0.05, 0.1) is 6.04 Å². The predicted octanol–water partition coefficient (Wildman–Crippen LogP) is 2.81. The summed E-state index contributed by atoms with van der Waals surface area (Å²) >= 11 is 0. The van der Waals surface area contributed by atoms with Crippen LogP contribution in [0.5, 0.6) is 0 Å². The molecule has 3 rings (SSSR count). The number of benzene rings is 1. The number of aromatic nitrogens is 3. The van der Waals surface area contributed by atoms with Crippen molar-refractivity contribution in [3.63, 3.8) is 0 Å². The van der Waals surface area contributed by atoms with Crippen LogP contribution in [0, 0.1) is 6.92 Å². The Hall–Kier alpha value is -3.28. The van der Waals surface area contributed by atoms with Crippen molar-refractivity contribution in [2.45, 2.75) is 19.9 Å². The molecule has 1 aromatic carbocycles. The molecule has 0 aliphatic carbocycles. The molecule has 6 nitrogen and oxygen atoms in total. The van der Waals surface area contributed by atoms with E-state index in [1.165, 1.54) is 6.20 Å². The number of carbonyl (C=O) groups is 1. The highest BCUT2D eigenvalue weighted by atomic mass is 16.2. The molecule has 1 atom stereocenters. The molecule has 6 heteroatoms. The third kappa shape index (κ3) is 3.47. The molecule has 1 amide bonds. The fourth-order valence-corrected chi connectivity index (χ4v) is 2.66. The van der Waals surface area contributed by atoms with Gasteiger partial charge in [0.25, 0.3) is 11.5 Å². The van der Waals surface area contributed by atoms with Gasteiger partial charge in [0.15, 0.2) is 5.82 Å². The minimum absolute atomic E-state index is 0.107. The van der Waals surface area contributed by atoms with Crippen molar-refractivity contribution in [1.82, 2.24) is 14.8 Å². The van der Waals surface area contributed by atoms with Crippen molar-refractivity contribution in [3.05, 3.63) is 88.0 Å². The highest BCUT2D eigenvalue weighted by Gasteiger charge is 2.19. The summed E-state index contributed by atoms with van der Waals surface area (Å²) in [6.07, 6.45) is 3.23. The Labute approximate surface area is 145 Å². The van der Waals surface area contributed by atoms with Gasteiger partial charge in [0, 0.05) is 12.4 Å². The molecule has 0 spiro atoms. The maximum absolute atomic E-state index is 12.9.